The molecule has 1 N–H and O–H groups in total. The fraction of sp³-hybridized carbons (Fsp3) is 0.360. The van der Waals surface area contributed by atoms with Crippen LogP contribution in [0.15, 0.2) is 76.3 Å². The van der Waals surface area contributed by atoms with Gasteiger partial charge < -0.3 is 19.6 Å². The second-order valence-electron chi connectivity index (χ2n) is 7.67. The Labute approximate surface area is 204 Å². The van der Waals surface area contributed by atoms with Gasteiger partial charge in [0.1, 0.15) is 11.6 Å². The van der Waals surface area contributed by atoms with E-state index in [0.717, 1.165) is 52.5 Å². The van der Waals surface area contributed by atoms with Gasteiger partial charge in [0.2, 0.25) is 0 Å². The molecule has 0 saturated carbocycles. The zero-order valence-electron chi connectivity index (χ0n) is 19.0. The molecule has 2 aliphatic rings. The third-order valence-electron chi connectivity index (χ3n) is 5.14. The Morgan fingerprint density at radius 2 is 1.52 bits per heavy atom. The van der Waals surface area contributed by atoms with Gasteiger partial charge in [-0.05, 0) is 66.8 Å². The highest BCUT2D eigenvalue weighted by atomic mass is 32.2. The Hall–Kier alpha value is -2.10. The highest BCUT2D eigenvalue weighted by Gasteiger charge is 2.18. The maximum absolute atomic E-state index is 11.9. The average Bonchev–Trinajstić information content (AvgIpc) is 3.35. The van der Waals surface area contributed by atoms with Crippen LogP contribution in [0, 0.1) is 5.82 Å². The lowest BCUT2D eigenvalue weighted by Gasteiger charge is -2.35. The number of anilines is 1. The molecule has 0 atom stereocenters. The van der Waals surface area contributed by atoms with Gasteiger partial charge >= 0.3 is 0 Å². The highest BCUT2D eigenvalue weighted by Crippen LogP contribution is 2.29. The molecule has 0 bridgehead atoms. The fourth-order valence-corrected chi connectivity index (χ4v) is 5.06. The van der Waals surface area contributed by atoms with Crippen LogP contribution in [0.1, 0.15) is 0 Å². The molecule has 2 fully saturated rings. The molecule has 178 valence electrons. The highest BCUT2D eigenvalue weighted by molar-refractivity contribution is 7.98. The monoisotopic (exact) mass is 489 g/mol. The molecule has 0 spiro atoms. The van der Waals surface area contributed by atoms with Crippen LogP contribution in [-0.2, 0) is 4.74 Å². The molecule has 5 nitrogen and oxygen atoms in total. The first-order valence-electron chi connectivity index (χ1n) is 11.1. The molecular weight excluding hydrogens is 457 g/mol. The van der Waals surface area contributed by atoms with Crippen molar-refractivity contribution in [2.24, 2.45) is 0 Å². The molecular formula is C25H32FN3O2S2. The van der Waals surface area contributed by atoms with Crippen LogP contribution in [0.4, 0.5) is 10.1 Å². The number of rotatable bonds is 3. The van der Waals surface area contributed by atoms with Crippen molar-refractivity contribution in [2.75, 3.05) is 64.4 Å². The minimum Gasteiger partial charge on any atom is -0.508 e. The Balaban J connectivity index is 0.000000178. The second kappa shape index (κ2) is 14.2. The molecule has 2 aliphatic heterocycles. The summed E-state index contributed by atoms with van der Waals surface area (Å²) in [4.78, 5) is 4.63. The molecule has 2 aromatic carbocycles. The van der Waals surface area contributed by atoms with Crippen molar-refractivity contribution in [1.82, 2.24) is 9.21 Å². The van der Waals surface area contributed by atoms with E-state index < -0.39 is 0 Å². The zero-order chi connectivity index (χ0) is 23.3. The molecule has 8 heteroatoms. The van der Waals surface area contributed by atoms with Crippen LogP contribution < -0.4 is 4.90 Å². The van der Waals surface area contributed by atoms with Gasteiger partial charge in [0, 0.05) is 45.0 Å². The Morgan fingerprint density at radius 1 is 0.848 bits per heavy atom. The third-order valence-corrected chi connectivity index (χ3v) is 7.25. The standard InChI is InChI=1S/C14H16N2OS2.C6H5F.C5H11NO/c17-13-5-3-12(4-6-13)15-7-9-16(10-8-15)19-14-2-1-11-18-14;7-6-4-2-1-3-5-6;1-6-2-4-7-5-3-6/h1-6,11,17H,7-10H2;1-5H;2-5H2,1H3. The van der Waals surface area contributed by atoms with E-state index >= 15 is 0 Å². The smallest absolute Gasteiger partial charge is 0.123 e. The van der Waals surface area contributed by atoms with Crippen LogP contribution in [0.5, 0.6) is 5.75 Å². The molecule has 3 heterocycles. The number of nitrogens with zero attached hydrogens (tertiary/aromatic N) is 3. The molecule has 0 radical (unpaired) electrons. The summed E-state index contributed by atoms with van der Waals surface area (Å²) >= 11 is 3.65. The topological polar surface area (TPSA) is 39.2 Å². The van der Waals surface area contributed by atoms with Gasteiger partial charge in [-0.1, -0.05) is 24.3 Å². The number of morpholine rings is 1. The van der Waals surface area contributed by atoms with E-state index in [0.29, 0.717) is 5.75 Å². The minimum atomic E-state index is -0.178. The summed E-state index contributed by atoms with van der Waals surface area (Å²) in [5.74, 6) is 0.151. The summed E-state index contributed by atoms with van der Waals surface area (Å²) in [6, 6.07) is 19.7. The lowest BCUT2D eigenvalue weighted by atomic mass is 10.2. The van der Waals surface area contributed by atoms with Crippen LogP contribution >= 0.6 is 23.3 Å². The zero-order valence-corrected chi connectivity index (χ0v) is 20.6. The first-order valence-corrected chi connectivity index (χ1v) is 12.7. The summed E-state index contributed by atoms with van der Waals surface area (Å²) in [5.41, 5.74) is 1.19. The molecule has 3 aromatic rings. The van der Waals surface area contributed by atoms with Crippen LogP contribution in [0.25, 0.3) is 0 Å². The molecule has 0 amide bonds. The van der Waals surface area contributed by atoms with Gasteiger partial charge in [-0.2, -0.15) is 0 Å². The second-order valence-corrected chi connectivity index (χ2v) is 10.0. The Kier molecular flexibility index (Phi) is 11.0. The number of piperazine rings is 1. The van der Waals surface area contributed by atoms with E-state index in [1.54, 1.807) is 41.7 Å². The summed E-state index contributed by atoms with van der Waals surface area (Å²) in [6.45, 7) is 8.20. The number of halogens is 1. The molecule has 0 unspecified atom stereocenters. The molecule has 0 aliphatic carbocycles. The van der Waals surface area contributed by atoms with Crippen LogP contribution in [0.2, 0.25) is 0 Å². The predicted molar refractivity (Wildman–Crippen MR) is 137 cm³/mol. The number of hydrogen-bond donors (Lipinski definition) is 1. The number of phenolic OH excluding ortho intramolecular Hbond substituents is 1. The first-order chi connectivity index (χ1) is 16.1. The first kappa shape index (κ1) is 25.5. The van der Waals surface area contributed by atoms with Crippen LogP contribution in [-0.4, -0.2) is 73.8 Å². The van der Waals surface area contributed by atoms with Gasteiger partial charge in [-0.25, -0.2) is 8.70 Å². The lowest BCUT2D eigenvalue weighted by molar-refractivity contribution is 0.0503. The fourth-order valence-electron chi connectivity index (χ4n) is 3.21. The Bertz CT molecular complexity index is 884. The summed E-state index contributed by atoms with van der Waals surface area (Å²) in [6.07, 6.45) is 0. The van der Waals surface area contributed by atoms with Gasteiger partial charge in [0.25, 0.3) is 0 Å². The van der Waals surface area contributed by atoms with Gasteiger partial charge in [0.05, 0.1) is 17.4 Å². The minimum absolute atomic E-state index is 0.178. The van der Waals surface area contributed by atoms with E-state index in [4.69, 9.17) is 4.74 Å². The van der Waals surface area contributed by atoms with Crippen molar-refractivity contribution in [3.05, 3.63) is 77.9 Å². The van der Waals surface area contributed by atoms with Crippen molar-refractivity contribution in [1.29, 1.82) is 0 Å². The van der Waals surface area contributed by atoms with E-state index in [1.807, 2.05) is 24.1 Å². The largest absolute Gasteiger partial charge is 0.508 e. The van der Waals surface area contributed by atoms with E-state index in [1.165, 1.54) is 22.0 Å². The van der Waals surface area contributed by atoms with Crippen molar-refractivity contribution in [2.45, 2.75) is 4.21 Å². The van der Waals surface area contributed by atoms with Crippen molar-refractivity contribution >= 4 is 29.0 Å². The number of hydrogen-bond acceptors (Lipinski definition) is 7. The number of benzene rings is 2. The lowest BCUT2D eigenvalue weighted by Crippen LogP contribution is -2.43. The van der Waals surface area contributed by atoms with Gasteiger partial charge in [-0.15, -0.1) is 11.3 Å². The maximum Gasteiger partial charge on any atom is 0.123 e. The van der Waals surface area contributed by atoms with E-state index in [9.17, 15) is 9.50 Å². The van der Waals surface area contributed by atoms with Crippen molar-refractivity contribution in [3.8, 4) is 5.75 Å². The van der Waals surface area contributed by atoms with E-state index in [2.05, 4.69) is 38.7 Å². The van der Waals surface area contributed by atoms with Gasteiger partial charge in [-0.3, -0.25) is 0 Å². The number of phenols is 1. The third kappa shape index (κ3) is 9.73. The number of thiophene rings is 1. The number of ether oxygens (including phenoxy) is 1. The van der Waals surface area contributed by atoms with Crippen molar-refractivity contribution in [3.63, 3.8) is 0 Å². The average molecular weight is 490 g/mol. The van der Waals surface area contributed by atoms with Crippen LogP contribution in [0.3, 0.4) is 0 Å². The molecule has 1 aromatic heterocycles. The number of likely N-dealkylation sites (N-methyl/N-ethyl adjacent to an activating group) is 1. The molecule has 5 rings (SSSR count). The number of aromatic hydroxyl groups is 1. The summed E-state index contributed by atoms with van der Waals surface area (Å²) in [7, 11) is 2.11. The normalized spacial score (nSPS) is 16.8. The van der Waals surface area contributed by atoms with E-state index in [-0.39, 0.29) is 5.82 Å². The van der Waals surface area contributed by atoms with Gasteiger partial charge in [0.15, 0.2) is 0 Å². The SMILES string of the molecule is CN1CCOCC1.Fc1ccccc1.Oc1ccc(N2CCN(Sc3cccs3)CC2)cc1. The summed E-state index contributed by atoms with van der Waals surface area (Å²) in [5, 5.41) is 11.4. The molecule has 2 saturated heterocycles. The van der Waals surface area contributed by atoms with Crippen molar-refractivity contribution < 1.29 is 14.2 Å². The predicted octanol–water partition coefficient (Wildman–Crippen LogP) is 5.06. The summed E-state index contributed by atoms with van der Waals surface area (Å²) < 4.78 is 20.8. The Morgan fingerprint density at radius 3 is 2.00 bits per heavy atom. The quantitative estimate of drug-likeness (QED) is 0.519. The molecule has 33 heavy (non-hydrogen) atoms. The maximum atomic E-state index is 11.9.